The van der Waals surface area contributed by atoms with Crippen LogP contribution in [0.25, 0.3) is 17.1 Å². The molecule has 8 heteroatoms. The number of primary sulfonamides is 1. The summed E-state index contributed by atoms with van der Waals surface area (Å²) in [6.45, 7) is 1.87. The average molecular weight is 315 g/mol. The second-order valence-electron chi connectivity index (χ2n) is 4.72. The number of aromatic nitrogens is 4. The highest BCUT2D eigenvalue weighted by atomic mass is 32.2. The predicted molar refractivity (Wildman–Crippen MR) is 80.7 cm³/mol. The number of aryl methyl sites for hydroxylation is 1. The zero-order valence-electron chi connectivity index (χ0n) is 11.7. The molecule has 0 spiro atoms. The Kier molecular flexibility index (Phi) is 3.47. The molecule has 3 aromatic rings. The normalized spacial score (nSPS) is 11.5. The molecule has 0 aliphatic heterocycles. The van der Waals surface area contributed by atoms with Crippen LogP contribution in [-0.4, -0.2) is 28.2 Å². The largest absolute Gasteiger partial charge is 0.265 e. The molecular weight excluding hydrogens is 302 g/mol. The van der Waals surface area contributed by atoms with Crippen LogP contribution in [0.2, 0.25) is 0 Å². The molecule has 0 unspecified atom stereocenters. The van der Waals surface area contributed by atoms with Gasteiger partial charge in [0.25, 0.3) is 0 Å². The summed E-state index contributed by atoms with van der Waals surface area (Å²) in [5.74, 6) is 0.507. The van der Waals surface area contributed by atoms with Crippen LogP contribution in [0.1, 0.15) is 5.69 Å². The van der Waals surface area contributed by atoms with Crippen LogP contribution in [0.5, 0.6) is 0 Å². The SMILES string of the molecule is Cc1cc(-c2ccncc2)n(-c2ccc(S(N)(=O)=O)cn2)n1. The number of hydrogen-bond acceptors (Lipinski definition) is 5. The van der Waals surface area contributed by atoms with E-state index in [-0.39, 0.29) is 4.90 Å². The van der Waals surface area contributed by atoms with Gasteiger partial charge in [0, 0.05) is 24.2 Å². The van der Waals surface area contributed by atoms with Crippen LogP contribution in [0.15, 0.2) is 53.8 Å². The van der Waals surface area contributed by atoms with Crippen LogP contribution in [0.4, 0.5) is 0 Å². The van der Waals surface area contributed by atoms with E-state index in [0.29, 0.717) is 5.82 Å². The molecule has 0 saturated carbocycles. The first-order valence-corrected chi connectivity index (χ1v) is 7.96. The maximum atomic E-state index is 11.3. The second-order valence-corrected chi connectivity index (χ2v) is 6.28. The van der Waals surface area contributed by atoms with Crippen LogP contribution in [0, 0.1) is 6.92 Å². The summed E-state index contributed by atoms with van der Waals surface area (Å²) < 4.78 is 24.2. The number of pyridine rings is 2. The molecule has 7 nitrogen and oxygen atoms in total. The molecule has 0 radical (unpaired) electrons. The van der Waals surface area contributed by atoms with Gasteiger partial charge in [0.2, 0.25) is 10.0 Å². The van der Waals surface area contributed by atoms with E-state index in [1.807, 2.05) is 25.1 Å². The lowest BCUT2D eigenvalue weighted by Crippen LogP contribution is -2.13. The van der Waals surface area contributed by atoms with Gasteiger partial charge in [-0.1, -0.05) is 0 Å². The van der Waals surface area contributed by atoms with Gasteiger partial charge in [0.1, 0.15) is 4.90 Å². The molecule has 2 N–H and O–H groups in total. The van der Waals surface area contributed by atoms with Gasteiger partial charge >= 0.3 is 0 Å². The third-order valence-electron chi connectivity index (χ3n) is 3.07. The molecule has 0 bridgehead atoms. The van der Waals surface area contributed by atoms with Gasteiger partial charge in [0.15, 0.2) is 5.82 Å². The third-order valence-corrected chi connectivity index (χ3v) is 3.97. The van der Waals surface area contributed by atoms with Gasteiger partial charge in [-0.05, 0) is 37.3 Å². The van der Waals surface area contributed by atoms with E-state index in [0.717, 1.165) is 17.0 Å². The topological polar surface area (TPSA) is 104 Å². The average Bonchev–Trinajstić information content (AvgIpc) is 2.89. The Balaban J connectivity index is 2.10. The van der Waals surface area contributed by atoms with E-state index in [2.05, 4.69) is 15.1 Å². The summed E-state index contributed by atoms with van der Waals surface area (Å²) >= 11 is 0. The first kappa shape index (κ1) is 14.4. The lowest BCUT2D eigenvalue weighted by Gasteiger charge is -2.07. The molecule has 0 aliphatic carbocycles. The Bertz CT molecular complexity index is 902. The highest BCUT2D eigenvalue weighted by Gasteiger charge is 2.13. The van der Waals surface area contributed by atoms with Gasteiger partial charge < -0.3 is 0 Å². The van der Waals surface area contributed by atoms with Crippen molar-refractivity contribution in [2.45, 2.75) is 11.8 Å². The molecule has 3 aromatic heterocycles. The first-order chi connectivity index (χ1) is 10.4. The number of hydrogen-bond donors (Lipinski definition) is 1. The smallest absolute Gasteiger partial charge is 0.239 e. The minimum Gasteiger partial charge on any atom is -0.265 e. The van der Waals surface area contributed by atoms with E-state index in [1.54, 1.807) is 23.1 Å². The Morgan fingerprint density at radius 3 is 2.45 bits per heavy atom. The quantitative estimate of drug-likeness (QED) is 0.784. The Morgan fingerprint density at radius 2 is 1.86 bits per heavy atom. The molecule has 0 aliphatic rings. The third kappa shape index (κ3) is 2.74. The summed E-state index contributed by atoms with van der Waals surface area (Å²) in [5.41, 5.74) is 2.60. The molecule has 0 aromatic carbocycles. The maximum Gasteiger partial charge on any atom is 0.239 e. The minimum absolute atomic E-state index is 0.0365. The van der Waals surface area contributed by atoms with Crippen LogP contribution in [-0.2, 0) is 10.0 Å². The zero-order valence-corrected chi connectivity index (χ0v) is 12.5. The van der Waals surface area contributed by atoms with E-state index in [9.17, 15) is 8.42 Å². The van der Waals surface area contributed by atoms with Crippen molar-refractivity contribution < 1.29 is 8.42 Å². The summed E-state index contributed by atoms with van der Waals surface area (Å²) in [6.07, 6.45) is 4.61. The molecular formula is C14H13N5O2S. The Hall–Kier alpha value is -2.58. The fourth-order valence-electron chi connectivity index (χ4n) is 2.07. The highest BCUT2D eigenvalue weighted by molar-refractivity contribution is 7.89. The first-order valence-electron chi connectivity index (χ1n) is 6.41. The van der Waals surface area contributed by atoms with Gasteiger partial charge in [0.05, 0.1) is 11.4 Å². The van der Waals surface area contributed by atoms with Gasteiger partial charge in [-0.25, -0.2) is 23.2 Å². The summed E-state index contributed by atoms with van der Waals surface area (Å²) in [6, 6.07) is 8.63. The number of sulfonamides is 1. The fraction of sp³-hybridized carbons (Fsp3) is 0.0714. The standard InChI is InChI=1S/C14H13N5O2S/c1-10-8-13(11-4-6-16-7-5-11)19(18-10)14-3-2-12(9-17-14)22(15,20)21/h2-9H,1H3,(H2,15,20,21). The van der Waals surface area contributed by atoms with Crippen LogP contribution >= 0.6 is 0 Å². The molecule has 0 amide bonds. The summed E-state index contributed by atoms with van der Waals surface area (Å²) in [4.78, 5) is 8.10. The Labute approximate surface area is 127 Å². The van der Waals surface area contributed by atoms with Gasteiger partial charge in [-0.2, -0.15) is 5.10 Å². The summed E-state index contributed by atoms with van der Waals surface area (Å²) in [5, 5.41) is 9.48. The van der Waals surface area contributed by atoms with Crippen molar-refractivity contribution in [1.29, 1.82) is 0 Å². The molecule has 112 valence electrons. The van der Waals surface area contributed by atoms with Crippen LogP contribution < -0.4 is 5.14 Å². The number of nitrogens with two attached hydrogens (primary N) is 1. The molecule has 3 heterocycles. The van der Waals surface area contributed by atoms with Crippen LogP contribution in [0.3, 0.4) is 0 Å². The van der Waals surface area contributed by atoms with Crippen molar-refractivity contribution in [3.8, 4) is 17.1 Å². The summed E-state index contributed by atoms with van der Waals surface area (Å²) in [7, 11) is -3.76. The molecule has 22 heavy (non-hydrogen) atoms. The monoisotopic (exact) mass is 315 g/mol. The van der Waals surface area contributed by atoms with Crippen molar-refractivity contribution in [3.63, 3.8) is 0 Å². The maximum absolute atomic E-state index is 11.3. The van der Waals surface area contributed by atoms with E-state index < -0.39 is 10.0 Å². The highest BCUT2D eigenvalue weighted by Crippen LogP contribution is 2.22. The molecule has 3 rings (SSSR count). The van der Waals surface area contributed by atoms with Gasteiger partial charge in [-0.15, -0.1) is 0 Å². The van der Waals surface area contributed by atoms with E-state index >= 15 is 0 Å². The second kappa shape index (κ2) is 5.32. The van der Waals surface area contributed by atoms with E-state index in [1.165, 1.54) is 12.3 Å². The van der Waals surface area contributed by atoms with E-state index in [4.69, 9.17) is 5.14 Å². The number of rotatable bonds is 3. The molecule has 0 saturated heterocycles. The van der Waals surface area contributed by atoms with Crippen molar-refractivity contribution in [2.24, 2.45) is 5.14 Å². The zero-order chi connectivity index (χ0) is 15.7. The predicted octanol–water partition coefficient (Wildman–Crippen LogP) is 1.29. The van der Waals surface area contributed by atoms with Crippen molar-refractivity contribution in [3.05, 3.63) is 54.6 Å². The molecule has 0 atom stereocenters. The minimum atomic E-state index is -3.76. The lowest BCUT2D eigenvalue weighted by atomic mass is 10.2. The van der Waals surface area contributed by atoms with Crippen molar-refractivity contribution in [1.82, 2.24) is 19.7 Å². The van der Waals surface area contributed by atoms with Gasteiger partial charge in [-0.3, -0.25) is 4.98 Å². The van der Waals surface area contributed by atoms with Crippen molar-refractivity contribution >= 4 is 10.0 Å². The number of nitrogens with zero attached hydrogens (tertiary/aromatic N) is 4. The van der Waals surface area contributed by atoms with Crippen molar-refractivity contribution in [2.75, 3.05) is 0 Å². The lowest BCUT2D eigenvalue weighted by molar-refractivity contribution is 0.597. The Morgan fingerprint density at radius 1 is 1.14 bits per heavy atom. The molecule has 0 fully saturated rings. The fourth-order valence-corrected chi connectivity index (χ4v) is 2.53.